The second kappa shape index (κ2) is 7.03. The van der Waals surface area contributed by atoms with Gasteiger partial charge in [0.05, 0.1) is 6.04 Å². The first-order chi connectivity index (χ1) is 12.6. The van der Waals surface area contributed by atoms with Gasteiger partial charge in [-0.3, -0.25) is 4.79 Å². The lowest BCUT2D eigenvalue weighted by molar-refractivity contribution is -0.126. The van der Waals surface area contributed by atoms with Crippen LogP contribution in [0.1, 0.15) is 36.4 Å². The smallest absolute Gasteiger partial charge is 0.254 e. The molecule has 1 fully saturated rings. The second-order valence-electron chi connectivity index (χ2n) is 6.73. The number of amides is 1. The van der Waals surface area contributed by atoms with Crippen LogP contribution < -0.4 is 10.2 Å². The number of hydrogen-bond acceptors (Lipinski definition) is 6. The molecule has 0 aliphatic carbocycles. The summed E-state index contributed by atoms with van der Waals surface area (Å²) in [6.07, 6.45) is 3.19. The van der Waals surface area contributed by atoms with E-state index in [1.54, 1.807) is 15.9 Å². The lowest BCUT2D eigenvalue weighted by atomic mass is 9.95. The molecule has 8 heteroatoms. The van der Waals surface area contributed by atoms with Crippen LogP contribution in [0.5, 0.6) is 0 Å². The number of nitrogens with one attached hydrogen (secondary N) is 1. The Morgan fingerprint density at radius 1 is 1.38 bits per heavy atom. The summed E-state index contributed by atoms with van der Waals surface area (Å²) < 4.78 is 1.77. The minimum absolute atomic E-state index is 0.0582. The molecule has 0 radical (unpaired) electrons. The number of piperidine rings is 1. The molecule has 0 aromatic carbocycles. The van der Waals surface area contributed by atoms with Gasteiger partial charge in [0.1, 0.15) is 12.1 Å². The minimum Gasteiger partial charge on any atom is -0.356 e. The molecule has 0 saturated carbocycles. The molecule has 0 bridgehead atoms. The Balaban J connectivity index is 1.40. The van der Waals surface area contributed by atoms with Crippen molar-refractivity contribution in [1.29, 1.82) is 0 Å². The monoisotopic (exact) mass is 370 g/mol. The van der Waals surface area contributed by atoms with E-state index >= 15 is 0 Å². The van der Waals surface area contributed by atoms with E-state index < -0.39 is 0 Å². The van der Waals surface area contributed by atoms with E-state index in [4.69, 9.17) is 0 Å². The fourth-order valence-corrected chi connectivity index (χ4v) is 4.18. The fourth-order valence-electron chi connectivity index (χ4n) is 3.45. The molecule has 4 heterocycles. The van der Waals surface area contributed by atoms with Crippen molar-refractivity contribution in [3.8, 4) is 0 Å². The van der Waals surface area contributed by atoms with Gasteiger partial charge >= 0.3 is 0 Å². The van der Waals surface area contributed by atoms with Crippen molar-refractivity contribution in [3.05, 3.63) is 40.5 Å². The molecule has 1 atom stereocenters. The van der Waals surface area contributed by atoms with Crippen molar-refractivity contribution in [2.75, 3.05) is 18.0 Å². The standard InChI is InChI=1S/C18H22N6OS/c1-12-10-16(24-18(21-12)19-11-20-24)23-7-5-14(6-8-23)17(25)22-13(2)15-4-3-9-26-15/h3-4,9-11,13-14H,5-8H2,1-2H3,(H,22,25)/t13-/m0/s1. The molecular weight excluding hydrogens is 348 g/mol. The molecule has 7 nitrogen and oxygen atoms in total. The SMILES string of the molecule is Cc1cc(N2CCC(C(=O)N[C@@H](C)c3cccs3)CC2)n2ncnc2n1. The number of thiophene rings is 1. The van der Waals surface area contributed by atoms with Crippen LogP contribution in [0.2, 0.25) is 0 Å². The number of aryl methyl sites for hydroxylation is 1. The fraction of sp³-hybridized carbons (Fsp3) is 0.444. The lowest BCUT2D eigenvalue weighted by Gasteiger charge is -2.33. The van der Waals surface area contributed by atoms with Crippen LogP contribution in [0.3, 0.4) is 0 Å². The molecule has 1 saturated heterocycles. The summed E-state index contributed by atoms with van der Waals surface area (Å²) >= 11 is 1.68. The lowest BCUT2D eigenvalue weighted by Crippen LogP contribution is -2.41. The minimum atomic E-state index is 0.0582. The predicted octanol–water partition coefficient (Wildman–Crippen LogP) is 2.59. The second-order valence-corrected chi connectivity index (χ2v) is 7.71. The summed E-state index contributed by atoms with van der Waals surface area (Å²) in [6, 6.07) is 6.18. The van der Waals surface area contributed by atoms with Crippen LogP contribution in [0.4, 0.5) is 5.82 Å². The highest BCUT2D eigenvalue weighted by atomic mass is 32.1. The molecule has 1 aliphatic rings. The molecule has 1 N–H and O–H groups in total. The highest BCUT2D eigenvalue weighted by molar-refractivity contribution is 7.10. The van der Waals surface area contributed by atoms with Gasteiger partial charge in [0.15, 0.2) is 0 Å². The maximum atomic E-state index is 12.6. The Hall–Kier alpha value is -2.48. The van der Waals surface area contributed by atoms with Crippen molar-refractivity contribution < 1.29 is 4.79 Å². The maximum absolute atomic E-state index is 12.6. The first-order valence-corrected chi connectivity index (χ1v) is 9.76. The Morgan fingerprint density at radius 3 is 2.92 bits per heavy atom. The zero-order valence-corrected chi connectivity index (χ0v) is 15.7. The molecule has 136 valence electrons. The van der Waals surface area contributed by atoms with Crippen molar-refractivity contribution in [3.63, 3.8) is 0 Å². The molecule has 4 rings (SSSR count). The van der Waals surface area contributed by atoms with E-state index in [9.17, 15) is 4.79 Å². The number of rotatable bonds is 4. The largest absolute Gasteiger partial charge is 0.356 e. The third kappa shape index (κ3) is 3.29. The Labute approximate surface area is 156 Å². The van der Waals surface area contributed by atoms with Gasteiger partial charge < -0.3 is 10.2 Å². The summed E-state index contributed by atoms with van der Waals surface area (Å²) in [5, 5.41) is 9.48. The van der Waals surface area contributed by atoms with Gasteiger partial charge in [0, 0.05) is 35.6 Å². The number of aromatic nitrogens is 4. The summed E-state index contributed by atoms with van der Waals surface area (Å²) in [6.45, 7) is 5.65. The van der Waals surface area contributed by atoms with E-state index in [-0.39, 0.29) is 17.9 Å². The van der Waals surface area contributed by atoms with E-state index in [0.717, 1.165) is 37.4 Å². The summed E-state index contributed by atoms with van der Waals surface area (Å²) in [5.41, 5.74) is 0.921. The van der Waals surface area contributed by atoms with Crippen molar-refractivity contribution in [1.82, 2.24) is 24.9 Å². The van der Waals surface area contributed by atoms with Crippen molar-refractivity contribution >= 4 is 28.8 Å². The van der Waals surface area contributed by atoms with Gasteiger partial charge in [0.2, 0.25) is 5.91 Å². The van der Waals surface area contributed by atoms with Gasteiger partial charge in [-0.1, -0.05) is 6.07 Å². The van der Waals surface area contributed by atoms with Crippen molar-refractivity contribution in [2.24, 2.45) is 5.92 Å². The van der Waals surface area contributed by atoms with E-state index in [1.807, 2.05) is 31.4 Å². The first kappa shape index (κ1) is 17.0. The number of hydrogen-bond donors (Lipinski definition) is 1. The molecule has 3 aromatic heterocycles. The summed E-state index contributed by atoms with van der Waals surface area (Å²) in [4.78, 5) is 24.6. The molecule has 26 heavy (non-hydrogen) atoms. The topological polar surface area (TPSA) is 75.4 Å². The van der Waals surface area contributed by atoms with Crippen LogP contribution in [0.25, 0.3) is 5.78 Å². The van der Waals surface area contributed by atoms with Crippen LogP contribution in [-0.4, -0.2) is 38.6 Å². The first-order valence-electron chi connectivity index (χ1n) is 8.88. The normalized spacial score (nSPS) is 16.8. The highest BCUT2D eigenvalue weighted by Gasteiger charge is 2.27. The van der Waals surface area contributed by atoms with Crippen molar-refractivity contribution in [2.45, 2.75) is 32.7 Å². The van der Waals surface area contributed by atoms with Crippen LogP contribution in [0, 0.1) is 12.8 Å². The molecule has 0 unspecified atom stereocenters. The van der Waals surface area contributed by atoms with Gasteiger partial charge in [-0.25, -0.2) is 4.98 Å². The molecular formula is C18H22N6OS. The van der Waals surface area contributed by atoms with Crippen LogP contribution >= 0.6 is 11.3 Å². The number of fused-ring (bicyclic) bond motifs is 1. The Morgan fingerprint density at radius 2 is 2.19 bits per heavy atom. The van der Waals surface area contributed by atoms with E-state index in [2.05, 4.69) is 31.3 Å². The molecule has 1 aliphatic heterocycles. The predicted molar refractivity (Wildman–Crippen MR) is 101 cm³/mol. The average Bonchev–Trinajstić information content (AvgIpc) is 3.32. The summed E-state index contributed by atoms with van der Waals surface area (Å²) in [5.74, 6) is 1.82. The van der Waals surface area contributed by atoms with E-state index in [0.29, 0.717) is 5.78 Å². The zero-order chi connectivity index (χ0) is 18.1. The highest BCUT2D eigenvalue weighted by Crippen LogP contribution is 2.25. The van der Waals surface area contributed by atoms with Gasteiger partial charge in [-0.05, 0) is 38.1 Å². The molecule has 3 aromatic rings. The Bertz CT molecular complexity index is 898. The average molecular weight is 370 g/mol. The third-order valence-electron chi connectivity index (χ3n) is 4.88. The van der Waals surface area contributed by atoms with E-state index in [1.165, 1.54) is 11.2 Å². The molecule has 0 spiro atoms. The van der Waals surface area contributed by atoms with Gasteiger partial charge in [-0.15, -0.1) is 11.3 Å². The number of nitrogens with zero attached hydrogens (tertiary/aromatic N) is 5. The van der Waals surface area contributed by atoms with Crippen LogP contribution in [-0.2, 0) is 4.79 Å². The molecule has 1 amide bonds. The number of carbonyl (C=O) groups is 1. The zero-order valence-electron chi connectivity index (χ0n) is 14.9. The van der Waals surface area contributed by atoms with Gasteiger partial charge in [-0.2, -0.15) is 14.6 Å². The number of carbonyl (C=O) groups excluding carboxylic acids is 1. The van der Waals surface area contributed by atoms with Crippen LogP contribution in [0.15, 0.2) is 29.9 Å². The quantitative estimate of drug-likeness (QED) is 0.764. The Kier molecular flexibility index (Phi) is 4.58. The summed E-state index contributed by atoms with van der Waals surface area (Å²) in [7, 11) is 0. The number of anilines is 1. The van der Waals surface area contributed by atoms with Gasteiger partial charge in [0.25, 0.3) is 5.78 Å². The maximum Gasteiger partial charge on any atom is 0.254 e. The third-order valence-corrected chi connectivity index (χ3v) is 5.93.